The molecule has 2 aromatic rings. The molecule has 118 valence electrons. The minimum atomic E-state index is -0.0834. The highest BCUT2D eigenvalue weighted by molar-refractivity contribution is 5.41. The lowest BCUT2D eigenvalue weighted by atomic mass is 9.78. The van der Waals surface area contributed by atoms with Crippen LogP contribution in [-0.4, -0.2) is 22.1 Å². The molecule has 3 heteroatoms. The van der Waals surface area contributed by atoms with Gasteiger partial charge >= 0.3 is 0 Å². The van der Waals surface area contributed by atoms with Crippen LogP contribution in [0.5, 0.6) is 11.5 Å². The van der Waals surface area contributed by atoms with Crippen molar-refractivity contribution in [1.29, 1.82) is 0 Å². The van der Waals surface area contributed by atoms with E-state index in [-0.39, 0.29) is 11.2 Å². The van der Waals surface area contributed by atoms with Crippen LogP contribution < -0.4 is 0 Å². The zero-order valence-electron chi connectivity index (χ0n) is 13.7. The Hall–Kier alpha value is -2.42. The molecule has 2 rings (SSSR count). The summed E-state index contributed by atoms with van der Waals surface area (Å²) >= 11 is 0. The van der Waals surface area contributed by atoms with E-state index in [9.17, 15) is 5.11 Å². The summed E-state index contributed by atoms with van der Waals surface area (Å²) in [7, 11) is 1.79. The topological polar surface area (TPSA) is 53.3 Å². The number of benzene rings is 2. The van der Waals surface area contributed by atoms with Crippen molar-refractivity contribution in [3.05, 3.63) is 72.0 Å². The van der Waals surface area contributed by atoms with Crippen molar-refractivity contribution in [3.8, 4) is 11.5 Å². The quantitative estimate of drug-likeness (QED) is 0.639. The van der Waals surface area contributed by atoms with Crippen molar-refractivity contribution >= 4 is 0 Å². The van der Waals surface area contributed by atoms with Gasteiger partial charge in [-0.05, 0) is 42.3 Å². The molecule has 0 aliphatic rings. The number of hydrogen-bond acceptors (Lipinski definition) is 2. The Morgan fingerprint density at radius 1 is 0.955 bits per heavy atom. The molecule has 0 aliphatic heterocycles. The van der Waals surface area contributed by atoms with Crippen LogP contribution in [0.2, 0.25) is 0 Å². The second kappa shape index (κ2) is 7.55. The average Bonchev–Trinajstić information content (AvgIpc) is 2.47. The number of rotatable bonds is 3. The molecule has 3 N–H and O–H groups in total. The summed E-state index contributed by atoms with van der Waals surface area (Å²) in [6.07, 6.45) is 0. The van der Waals surface area contributed by atoms with E-state index in [1.165, 1.54) is 18.1 Å². The second-order valence-corrected chi connectivity index (χ2v) is 5.68. The fourth-order valence-electron chi connectivity index (χ4n) is 2.07. The zero-order chi connectivity index (χ0) is 16.8. The van der Waals surface area contributed by atoms with Gasteiger partial charge < -0.3 is 14.9 Å². The van der Waals surface area contributed by atoms with Crippen molar-refractivity contribution in [2.75, 3.05) is 7.11 Å². The summed E-state index contributed by atoms with van der Waals surface area (Å²) < 4.78 is 4.15. The van der Waals surface area contributed by atoms with Gasteiger partial charge in [-0.3, -0.25) is 0 Å². The van der Waals surface area contributed by atoms with Crippen LogP contribution in [0.25, 0.3) is 0 Å². The maximum Gasteiger partial charge on any atom is 0.254 e. The number of hydrogen-bond donors (Lipinski definition) is 2. The lowest BCUT2D eigenvalue weighted by Gasteiger charge is -2.26. The Morgan fingerprint density at radius 3 is 1.68 bits per heavy atom. The van der Waals surface area contributed by atoms with Gasteiger partial charge in [-0.15, -0.1) is 0 Å². The summed E-state index contributed by atoms with van der Waals surface area (Å²) in [6, 6.07) is 15.7. The predicted molar refractivity (Wildman–Crippen MR) is 91.7 cm³/mol. The largest absolute Gasteiger partial charge is 0.585 e. The van der Waals surface area contributed by atoms with Gasteiger partial charge in [0.2, 0.25) is 0 Å². The lowest BCUT2D eigenvalue weighted by Crippen LogP contribution is -2.18. The number of aliphatic hydroxyl groups is 2. The van der Waals surface area contributed by atoms with E-state index in [1.54, 1.807) is 19.2 Å². The van der Waals surface area contributed by atoms with Gasteiger partial charge in [0.05, 0.1) is 5.76 Å². The highest BCUT2D eigenvalue weighted by Crippen LogP contribution is 2.33. The Labute approximate surface area is 132 Å². The number of phenols is 1. The van der Waals surface area contributed by atoms with Crippen molar-refractivity contribution in [1.82, 2.24) is 0 Å². The molecule has 0 spiro atoms. The number of ether oxygens (including phenoxy) is 1. The normalized spacial score (nSPS) is 10.4. The minimum absolute atomic E-state index is 0.0834. The highest BCUT2D eigenvalue weighted by Gasteiger charge is 2.23. The third kappa shape index (κ3) is 4.85. The molecule has 0 aliphatic carbocycles. The number of aliphatic hydroxyl groups excluding tert-OH is 1. The summed E-state index contributed by atoms with van der Waals surface area (Å²) in [4.78, 5) is 0. The summed E-state index contributed by atoms with van der Waals surface area (Å²) in [5.41, 5.74) is 2.34. The van der Waals surface area contributed by atoms with Gasteiger partial charge in [-0.25, -0.2) is 0 Å². The monoisotopic (exact) mass is 301 g/mol. The van der Waals surface area contributed by atoms with Gasteiger partial charge in [0, 0.05) is 17.5 Å². The van der Waals surface area contributed by atoms with Crippen molar-refractivity contribution < 1.29 is 14.9 Å². The Balaban J connectivity index is 0.000000541. The predicted octanol–water partition coefficient (Wildman–Crippen LogP) is 4.67. The molecular formula is C19H25O3+. The molecule has 3 nitrogen and oxygen atoms in total. The molecule has 0 radical (unpaired) electrons. The van der Waals surface area contributed by atoms with Gasteiger partial charge in [-0.1, -0.05) is 32.6 Å². The SMILES string of the molecule is C=C(C)O.C[OH+]c1ccc(C(C)(C)c2ccc(O)cc2)cc1. The third-order valence-corrected chi connectivity index (χ3v) is 3.44. The molecule has 0 bridgehead atoms. The third-order valence-electron chi connectivity index (χ3n) is 3.44. The van der Waals surface area contributed by atoms with E-state index in [0.717, 1.165) is 5.75 Å². The number of phenolic OH excluding ortho intramolecular Hbond substituents is 1. The first-order chi connectivity index (χ1) is 10.3. The maximum absolute atomic E-state index is 9.35. The van der Waals surface area contributed by atoms with Crippen LogP contribution in [0.3, 0.4) is 0 Å². The van der Waals surface area contributed by atoms with E-state index in [2.05, 4.69) is 37.3 Å². The molecule has 22 heavy (non-hydrogen) atoms. The Morgan fingerprint density at radius 2 is 1.32 bits per heavy atom. The van der Waals surface area contributed by atoms with Gasteiger partial charge in [0.25, 0.3) is 5.75 Å². The van der Waals surface area contributed by atoms with Crippen molar-refractivity contribution in [2.45, 2.75) is 26.2 Å². The molecule has 0 heterocycles. The fraction of sp³-hybridized carbons (Fsp3) is 0.263. The average molecular weight is 301 g/mol. The van der Waals surface area contributed by atoms with Gasteiger partial charge in [0.1, 0.15) is 5.75 Å². The van der Waals surface area contributed by atoms with E-state index < -0.39 is 0 Å². The maximum atomic E-state index is 9.35. The molecule has 0 saturated carbocycles. The minimum Gasteiger partial charge on any atom is -0.585 e. The molecule has 0 amide bonds. The fourth-order valence-corrected chi connectivity index (χ4v) is 2.07. The summed E-state index contributed by atoms with van der Waals surface area (Å²) in [5, 5.41) is 17.2. The molecule has 0 aromatic heterocycles. The first-order valence-corrected chi connectivity index (χ1v) is 7.11. The molecule has 0 atom stereocenters. The summed E-state index contributed by atoms with van der Waals surface area (Å²) in [6.45, 7) is 8.99. The first-order valence-electron chi connectivity index (χ1n) is 7.11. The smallest absolute Gasteiger partial charge is 0.254 e. The van der Waals surface area contributed by atoms with Gasteiger partial charge in [0.15, 0.2) is 7.11 Å². The number of allylic oxidation sites excluding steroid dienone is 1. The molecule has 0 unspecified atom stereocenters. The number of aromatic hydroxyl groups is 2. The van der Waals surface area contributed by atoms with E-state index >= 15 is 0 Å². The second-order valence-electron chi connectivity index (χ2n) is 5.68. The standard InChI is InChI=1S/C16H18O2.C3H6O/c1-16(2,12-4-8-14(17)9-5-12)13-6-10-15(18-3)11-7-13;1-3(2)4/h4-11,17H,1-3H3;4H,1H2,2H3/p+1. The van der Waals surface area contributed by atoms with Crippen LogP contribution in [0.15, 0.2) is 60.9 Å². The van der Waals surface area contributed by atoms with E-state index in [1.807, 2.05) is 24.3 Å². The van der Waals surface area contributed by atoms with E-state index in [4.69, 9.17) is 5.11 Å². The Kier molecular flexibility index (Phi) is 6.05. The van der Waals surface area contributed by atoms with Crippen LogP contribution >= 0.6 is 0 Å². The highest BCUT2D eigenvalue weighted by atomic mass is 16.5. The first kappa shape index (κ1) is 17.6. The van der Waals surface area contributed by atoms with E-state index in [0.29, 0.717) is 5.75 Å². The Bertz CT molecular complexity index is 592. The van der Waals surface area contributed by atoms with Crippen molar-refractivity contribution in [3.63, 3.8) is 0 Å². The molecule has 2 aromatic carbocycles. The van der Waals surface area contributed by atoms with Crippen LogP contribution in [0.1, 0.15) is 31.9 Å². The lowest BCUT2D eigenvalue weighted by molar-refractivity contribution is 0.136. The van der Waals surface area contributed by atoms with Crippen LogP contribution in [-0.2, 0) is 5.41 Å². The summed E-state index contributed by atoms with van der Waals surface area (Å²) in [5.74, 6) is 1.45. The molecule has 0 saturated heterocycles. The molecular weight excluding hydrogens is 276 g/mol. The zero-order valence-corrected chi connectivity index (χ0v) is 13.7. The van der Waals surface area contributed by atoms with Crippen LogP contribution in [0, 0.1) is 0 Å². The van der Waals surface area contributed by atoms with Gasteiger partial charge in [-0.2, -0.15) is 0 Å². The van der Waals surface area contributed by atoms with Crippen molar-refractivity contribution in [2.24, 2.45) is 0 Å². The molecule has 0 fully saturated rings. The van der Waals surface area contributed by atoms with Crippen LogP contribution in [0.4, 0.5) is 0 Å².